The zero-order valence-electron chi connectivity index (χ0n) is 22.3. The van der Waals surface area contributed by atoms with Crippen LogP contribution in [-0.4, -0.2) is 4.98 Å². The number of furan rings is 1. The van der Waals surface area contributed by atoms with Gasteiger partial charge in [0.2, 0.25) is 0 Å². The fraction of sp³-hybridized carbons (Fsp3) is 0. The van der Waals surface area contributed by atoms with Crippen LogP contribution < -0.4 is 4.90 Å². The van der Waals surface area contributed by atoms with Gasteiger partial charge in [0.05, 0.1) is 21.3 Å². The highest BCUT2D eigenvalue weighted by molar-refractivity contribution is 7.28. The van der Waals surface area contributed by atoms with Gasteiger partial charge in [-0.25, -0.2) is 4.98 Å². The van der Waals surface area contributed by atoms with E-state index in [4.69, 9.17) is 9.40 Å². The molecule has 6 aromatic carbocycles. The van der Waals surface area contributed by atoms with Crippen molar-refractivity contribution >= 4 is 92.1 Å². The van der Waals surface area contributed by atoms with E-state index in [-0.39, 0.29) is 0 Å². The van der Waals surface area contributed by atoms with Crippen LogP contribution in [0.25, 0.3) is 62.9 Å². The number of nitrogens with zero attached hydrogens (tertiary/aromatic N) is 2. The molecule has 0 unspecified atom stereocenters. The first-order valence-corrected chi connectivity index (χ1v) is 15.5. The average Bonchev–Trinajstić information content (AvgIpc) is 3.75. The zero-order chi connectivity index (χ0) is 27.6. The maximum Gasteiger partial charge on any atom is 0.137 e. The van der Waals surface area contributed by atoms with Gasteiger partial charge in [-0.05, 0) is 54.6 Å². The first kappa shape index (κ1) is 23.7. The van der Waals surface area contributed by atoms with E-state index in [1.807, 2.05) is 29.5 Å². The highest BCUT2D eigenvalue weighted by Gasteiger charge is 2.20. The Morgan fingerprint density at radius 3 is 2.21 bits per heavy atom. The van der Waals surface area contributed by atoms with E-state index in [9.17, 15) is 0 Å². The molecule has 0 saturated carbocycles. The van der Waals surface area contributed by atoms with Crippen LogP contribution in [0, 0.1) is 0 Å². The molecule has 0 aliphatic rings. The summed E-state index contributed by atoms with van der Waals surface area (Å²) in [6.07, 6.45) is 0. The van der Waals surface area contributed by atoms with E-state index in [1.54, 1.807) is 11.3 Å². The molecule has 3 heterocycles. The van der Waals surface area contributed by atoms with Crippen molar-refractivity contribution in [1.29, 1.82) is 0 Å². The molecule has 5 heteroatoms. The molecule has 0 N–H and O–H groups in total. The van der Waals surface area contributed by atoms with Crippen molar-refractivity contribution in [3.05, 3.63) is 133 Å². The second-order valence-corrected chi connectivity index (χ2v) is 12.5. The van der Waals surface area contributed by atoms with Gasteiger partial charge in [0.1, 0.15) is 16.2 Å². The number of fused-ring (bicyclic) bond motifs is 8. The molecule has 198 valence electrons. The Hall–Kier alpha value is -4.97. The second-order valence-electron chi connectivity index (χ2n) is 10.4. The number of thiophene rings is 1. The van der Waals surface area contributed by atoms with Crippen molar-refractivity contribution in [3.8, 4) is 10.6 Å². The van der Waals surface area contributed by atoms with Gasteiger partial charge in [-0.3, -0.25) is 0 Å². The third-order valence-electron chi connectivity index (χ3n) is 7.89. The molecular weight excluding hydrogens is 553 g/mol. The molecule has 0 saturated heterocycles. The fourth-order valence-corrected chi connectivity index (χ4v) is 8.37. The first-order chi connectivity index (χ1) is 20.8. The molecule has 0 fully saturated rings. The molecule has 0 spiro atoms. The maximum absolute atomic E-state index is 6.27. The highest BCUT2D eigenvalue weighted by atomic mass is 32.1. The topological polar surface area (TPSA) is 29.3 Å². The van der Waals surface area contributed by atoms with Crippen molar-refractivity contribution in [2.45, 2.75) is 0 Å². The second kappa shape index (κ2) is 9.28. The average molecular weight is 575 g/mol. The molecule has 3 aromatic heterocycles. The number of para-hydroxylation sites is 2. The Bertz CT molecular complexity index is 2420. The van der Waals surface area contributed by atoms with E-state index in [0.717, 1.165) is 55.1 Å². The standard InChI is InChI=1S/C37H22N2OS2/c1-3-10-23(11-4-1)37-38-28-20-21-32-35(36(28)42-37)27-19-18-25(22-33(27)41-32)39(24-12-5-2-6-13-24)29-15-9-17-31-34(29)26-14-7-8-16-30(26)40-31/h1-22H. The Balaban J connectivity index is 1.27. The lowest BCUT2D eigenvalue weighted by Gasteiger charge is -2.26. The number of hydrogen-bond donors (Lipinski definition) is 0. The molecule has 0 radical (unpaired) electrons. The quantitative estimate of drug-likeness (QED) is 0.209. The number of benzene rings is 6. The van der Waals surface area contributed by atoms with Gasteiger partial charge in [-0.15, -0.1) is 22.7 Å². The smallest absolute Gasteiger partial charge is 0.137 e. The van der Waals surface area contributed by atoms with Crippen LogP contribution in [0.4, 0.5) is 17.1 Å². The van der Waals surface area contributed by atoms with Crippen LogP contribution in [-0.2, 0) is 0 Å². The largest absolute Gasteiger partial charge is 0.456 e. The van der Waals surface area contributed by atoms with Gasteiger partial charge in [0, 0.05) is 42.5 Å². The van der Waals surface area contributed by atoms with Crippen LogP contribution >= 0.6 is 22.7 Å². The van der Waals surface area contributed by atoms with Crippen LogP contribution in [0.15, 0.2) is 138 Å². The van der Waals surface area contributed by atoms with Crippen LogP contribution in [0.1, 0.15) is 0 Å². The molecule has 9 aromatic rings. The molecule has 3 nitrogen and oxygen atoms in total. The Morgan fingerprint density at radius 1 is 0.548 bits per heavy atom. The van der Waals surface area contributed by atoms with Crippen molar-refractivity contribution in [1.82, 2.24) is 4.98 Å². The molecular formula is C37H22N2OS2. The summed E-state index contributed by atoms with van der Waals surface area (Å²) in [5, 5.41) is 5.87. The summed E-state index contributed by atoms with van der Waals surface area (Å²) in [4.78, 5) is 7.35. The van der Waals surface area contributed by atoms with Crippen LogP contribution in [0.3, 0.4) is 0 Å². The van der Waals surface area contributed by atoms with Gasteiger partial charge in [-0.1, -0.05) is 78.9 Å². The van der Waals surface area contributed by atoms with E-state index < -0.39 is 0 Å². The van der Waals surface area contributed by atoms with Gasteiger partial charge in [-0.2, -0.15) is 0 Å². The molecule has 0 aliphatic carbocycles. The predicted octanol–water partition coefficient (Wildman–Crippen LogP) is 11.7. The minimum atomic E-state index is 0.888. The number of thiazole rings is 1. The fourth-order valence-electron chi connectivity index (χ4n) is 6.02. The Kier molecular flexibility index (Phi) is 5.24. The molecule has 9 rings (SSSR count). The summed E-state index contributed by atoms with van der Waals surface area (Å²) >= 11 is 3.63. The van der Waals surface area contributed by atoms with Crippen molar-refractivity contribution in [2.75, 3.05) is 4.90 Å². The molecule has 0 bridgehead atoms. The number of aromatic nitrogens is 1. The first-order valence-electron chi connectivity index (χ1n) is 13.9. The highest BCUT2D eigenvalue weighted by Crippen LogP contribution is 2.46. The minimum absolute atomic E-state index is 0.888. The summed E-state index contributed by atoms with van der Waals surface area (Å²) in [7, 11) is 0. The van der Waals surface area contributed by atoms with E-state index in [2.05, 4.69) is 120 Å². The third-order valence-corrected chi connectivity index (χ3v) is 10.1. The Morgan fingerprint density at radius 2 is 1.33 bits per heavy atom. The zero-order valence-corrected chi connectivity index (χ0v) is 24.0. The summed E-state index contributed by atoms with van der Waals surface area (Å²) in [5.74, 6) is 0. The minimum Gasteiger partial charge on any atom is -0.456 e. The maximum atomic E-state index is 6.27. The van der Waals surface area contributed by atoms with Gasteiger partial charge < -0.3 is 9.32 Å². The lowest BCUT2D eigenvalue weighted by Crippen LogP contribution is -2.10. The van der Waals surface area contributed by atoms with Gasteiger partial charge in [0.25, 0.3) is 0 Å². The normalized spacial score (nSPS) is 11.8. The van der Waals surface area contributed by atoms with Crippen LogP contribution in [0.5, 0.6) is 0 Å². The van der Waals surface area contributed by atoms with Crippen molar-refractivity contribution < 1.29 is 4.42 Å². The molecule has 0 aliphatic heterocycles. The van der Waals surface area contributed by atoms with E-state index in [1.165, 1.54) is 24.9 Å². The summed E-state index contributed by atoms with van der Waals surface area (Å²) in [6, 6.07) is 46.9. The third kappa shape index (κ3) is 3.61. The van der Waals surface area contributed by atoms with E-state index in [0.29, 0.717) is 0 Å². The van der Waals surface area contributed by atoms with E-state index >= 15 is 0 Å². The predicted molar refractivity (Wildman–Crippen MR) is 180 cm³/mol. The number of anilines is 3. The summed E-state index contributed by atoms with van der Waals surface area (Å²) in [5.41, 5.74) is 7.32. The van der Waals surface area contributed by atoms with Gasteiger partial charge in [0.15, 0.2) is 0 Å². The number of hydrogen-bond acceptors (Lipinski definition) is 5. The lowest BCUT2D eigenvalue weighted by atomic mass is 10.1. The SMILES string of the molecule is c1ccc(-c2nc3ccc4sc5cc(N(c6ccccc6)c6cccc7oc8ccccc8c67)ccc5c4c3s2)cc1. The van der Waals surface area contributed by atoms with Crippen molar-refractivity contribution in [2.24, 2.45) is 0 Å². The summed E-state index contributed by atoms with van der Waals surface area (Å²) in [6.45, 7) is 0. The van der Waals surface area contributed by atoms with Crippen LogP contribution in [0.2, 0.25) is 0 Å². The monoisotopic (exact) mass is 574 g/mol. The Labute approximate surface area is 249 Å². The number of rotatable bonds is 4. The van der Waals surface area contributed by atoms with Gasteiger partial charge >= 0.3 is 0 Å². The molecule has 0 amide bonds. The molecule has 0 atom stereocenters. The van der Waals surface area contributed by atoms with Crippen molar-refractivity contribution in [3.63, 3.8) is 0 Å². The molecule has 42 heavy (non-hydrogen) atoms. The summed E-state index contributed by atoms with van der Waals surface area (Å²) < 4.78 is 10.1. The lowest BCUT2D eigenvalue weighted by molar-refractivity contribution is 0.669.